The fourth-order valence-corrected chi connectivity index (χ4v) is 3.04. The number of rotatable bonds is 13. The van der Waals surface area contributed by atoms with Crippen LogP contribution >= 0.6 is 0 Å². The third kappa shape index (κ3) is 13.4. The smallest absolute Gasteiger partial charge is 0.329 e. The van der Waals surface area contributed by atoms with Gasteiger partial charge in [0.25, 0.3) is 0 Å². The Morgan fingerprint density at radius 1 is 1.00 bits per heavy atom. The minimum absolute atomic E-state index is 0.155. The predicted molar refractivity (Wildman–Crippen MR) is 135 cm³/mol. The van der Waals surface area contributed by atoms with Gasteiger partial charge in [0.2, 0.25) is 0 Å². The van der Waals surface area contributed by atoms with Crippen molar-refractivity contribution in [3.05, 3.63) is 29.8 Å². The normalized spacial score (nSPS) is 12.3. The lowest BCUT2D eigenvalue weighted by atomic mass is 10.1. The van der Waals surface area contributed by atoms with Crippen LogP contribution in [-0.2, 0) is 19.1 Å². The van der Waals surface area contributed by atoms with E-state index in [1.54, 1.807) is 45.0 Å². The molecule has 0 aliphatic carbocycles. The summed E-state index contributed by atoms with van der Waals surface area (Å²) < 4.78 is 5.34. The maximum absolute atomic E-state index is 12.6. The fraction of sp³-hybridized carbons (Fsp3) is 0.480. The second kappa shape index (κ2) is 15.0. The number of hydrogen-bond donors (Lipinski definition) is 6. The number of carboxylic acids is 2. The molecule has 37 heavy (non-hydrogen) atoms. The minimum atomic E-state index is -1.44. The van der Waals surface area contributed by atoms with Crippen molar-refractivity contribution in [3.63, 3.8) is 0 Å². The number of urea groups is 2. The van der Waals surface area contributed by atoms with E-state index in [1.165, 1.54) is 0 Å². The molecular weight excluding hydrogens is 484 g/mol. The monoisotopic (exact) mass is 518 g/mol. The van der Waals surface area contributed by atoms with Crippen LogP contribution in [0.2, 0.25) is 0 Å². The number of aliphatic carboxylic acids is 2. The van der Waals surface area contributed by atoms with Gasteiger partial charge in [0, 0.05) is 24.2 Å². The third-order valence-corrected chi connectivity index (χ3v) is 4.74. The summed E-state index contributed by atoms with van der Waals surface area (Å²) in [6.07, 6.45) is 5.61. The molecule has 0 saturated heterocycles. The highest BCUT2D eigenvalue weighted by Gasteiger charge is 2.28. The second-order valence-corrected chi connectivity index (χ2v) is 9.13. The molecule has 0 heterocycles. The Hall–Kier alpha value is -4.27. The second-order valence-electron chi connectivity index (χ2n) is 9.13. The van der Waals surface area contributed by atoms with Gasteiger partial charge < -0.3 is 36.2 Å². The molecule has 4 amide bonds. The Balaban J connectivity index is 2.61. The number of carbonyl (C=O) groups is 5. The van der Waals surface area contributed by atoms with Crippen molar-refractivity contribution in [1.82, 2.24) is 16.0 Å². The molecule has 6 N–H and O–H groups in total. The van der Waals surface area contributed by atoms with E-state index in [1.807, 2.05) is 0 Å². The Labute approximate surface area is 215 Å². The molecule has 0 aliphatic rings. The molecule has 2 atom stereocenters. The predicted octanol–water partition coefficient (Wildman–Crippen LogP) is 2.29. The summed E-state index contributed by atoms with van der Waals surface area (Å²) in [7, 11) is 0. The maximum atomic E-state index is 12.6. The molecule has 1 aromatic carbocycles. The number of benzene rings is 1. The lowest BCUT2D eigenvalue weighted by Gasteiger charge is -2.25. The number of terminal acetylenes is 1. The van der Waals surface area contributed by atoms with Gasteiger partial charge in [-0.3, -0.25) is 4.79 Å². The number of unbranched alkanes of at least 4 members (excludes halogenated alkanes) is 1. The van der Waals surface area contributed by atoms with Gasteiger partial charge >= 0.3 is 30.0 Å². The van der Waals surface area contributed by atoms with Crippen molar-refractivity contribution >= 4 is 35.7 Å². The summed E-state index contributed by atoms with van der Waals surface area (Å²) in [5, 5.41) is 27.9. The van der Waals surface area contributed by atoms with Gasteiger partial charge in [0.05, 0.1) is 0 Å². The molecule has 0 radical (unpaired) electrons. The fourth-order valence-electron chi connectivity index (χ4n) is 3.04. The van der Waals surface area contributed by atoms with Crippen molar-refractivity contribution in [2.24, 2.45) is 0 Å². The number of anilines is 1. The van der Waals surface area contributed by atoms with Crippen LogP contribution < -0.4 is 21.3 Å². The molecule has 0 bridgehead atoms. The Morgan fingerprint density at radius 2 is 1.68 bits per heavy atom. The van der Waals surface area contributed by atoms with E-state index >= 15 is 0 Å². The average Bonchev–Trinajstić information content (AvgIpc) is 2.79. The highest BCUT2D eigenvalue weighted by atomic mass is 16.6. The molecule has 202 valence electrons. The van der Waals surface area contributed by atoms with E-state index in [4.69, 9.17) is 16.3 Å². The third-order valence-electron chi connectivity index (χ3n) is 4.74. The van der Waals surface area contributed by atoms with Gasteiger partial charge in [-0.05, 0) is 64.7 Å². The maximum Gasteiger partial charge on any atom is 0.329 e. The number of esters is 1. The minimum Gasteiger partial charge on any atom is -0.481 e. The molecular formula is C25H34N4O8. The number of amides is 4. The first kappa shape index (κ1) is 30.8. The zero-order valence-corrected chi connectivity index (χ0v) is 21.1. The highest BCUT2D eigenvalue weighted by molar-refractivity contribution is 5.89. The van der Waals surface area contributed by atoms with Gasteiger partial charge in [-0.25, -0.2) is 19.2 Å². The number of carboxylic acid groups (broad SMARTS) is 2. The Kier molecular flexibility index (Phi) is 12.5. The van der Waals surface area contributed by atoms with E-state index in [9.17, 15) is 29.1 Å². The molecule has 12 heteroatoms. The average molecular weight is 519 g/mol. The Morgan fingerprint density at radius 3 is 2.27 bits per heavy atom. The van der Waals surface area contributed by atoms with E-state index in [-0.39, 0.29) is 19.4 Å². The molecule has 12 nitrogen and oxygen atoms in total. The highest BCUT2D eigenvalue weighted by Crippen LogP contribution is 2.12. The molecule has 2 unspecified atom stereocenters. The summed E-state index contributed by atoms with van der Waals surface area (Å²) in [5.74, 6) is -0.839. The van der Waals surface area contributed by atoms with Crippen LogP contribution in [0.5, 0.6) is 0 Å². The van der Waals surface area contributed by atoms with Crippen molar-refractivity contribution in [1.29, 1.82) is 0 Å². The van der Waals surface area contributed by atoms with Gasteiger partial charge in [-0.15, -0.1) is 6.42 Å². The summed E-state index contributed by atoms with van der Waals surface area (Å²) in [4.78, 5) is 59.1. The molecule has 1 rings (SSSR count). The van der Waals surface area contributed by atoms with Crippen LogP contribution in [0.3, 0.4) is 0 Å². The van der Waals surface area contributed by atoms with E-state index in [2.05, 4.69) is 27.2 Å². The topological polar surface area (TPSA) is 183 Å². The van der Waals surface area contributed by atoms with Crippen molar-refractivity contribution < 1.29 is 38.9 Å². The Bertz CT molecular complexity index is 1010. The molecule has 0 saturated carbocycles. The van der Waals surface area contributed by atoms with Crippen LogP contribution in [0.4, 0.5) is 15.3 Å². The first-order valence-corrected chi connectivity index (χ1v) is 11.7. The summed E-state index contributed by atoms with van der Waals surface area (Å²) in [6.45, 7) is 5.27. The van der Waals surface area contributed by atoms with E-state index in [0.717, 1.165) is 0 Å². The zero-order valence-electron chi connectivity index (χ0n) is 21.1. The molecule has 0 fully saturated rings. The number of hydrogen-bond acceptors (Lipinski definition) is 6. The quantitative estimate of drug-likeness (QED) is 0.130. The number of carbonyl (C=O) groups excluding carboxylic acids is 3. The largest absolute Gasteiger partial charge is 0.481 e. The van der Waals surface area contributed by atoms with Gasteiger partial charge in [-0.2, -0.15) is 0 Å². The van der Waals surface area contributed by atoms with Crippen LogP contribution in [0.15, 0.2) is 24.3 Å². The van der Waals surface area contributed by atoms with E-state index in [0.29, 0.717) is 24.1 Å². The van der Waals surface area contributed by atoms with Gasteiger partial charge in [0.15, 0.2) is 0 Å². The first-order chi connectivity index (χ1) is 17.3. The van der Waals surface area contributed by atoms with Gasteiger partial charge in [0.1, 0.15) is 17.7 Å². The lowest BCUT2D eigenvalue weighted by molar-refractivity contribution is -0.157. The van der Waals surface area contributed by atoms with Crippen molar-refractivity contribution in [2.45, 2.75) is 70.6 Å². The van der Waals surface area contributed by atoms with Gasteiger partial charge in [-0.1, -0.05) is 12.0 Å². The van der Waals surface area contributed by atoms with Crippen LogP contribution in [0.1, 0.15) is 58.4 Å². The lowest BCUT2D eigenvalue weighted by Crippen LogP contribution is -2.52. The number of ether oxygens (including phenoxy) is 1. The van der Waals surface area contributed by atoms with Crippen LogP contribution in [-0.4, -0.2) is 64.4 Å². The first-order valence-electron chi connectivity index (χ1n) is 11.7. The van der Waals surface area contributed by atoms with Crippen molar-refractivity contribution in [2.75, 3.05) is 11.9 Å². The zero-order chi connectivity index (χ0) is 28.0. The molecule has 1 aromatic rings. The molecule has 0 aromatic heterocycles. The molecule has 0 spiro atoms. The molecule has 0 aliphatic heterocycles. The number of nitrogens with one attached hydrogen (secondary N) is 4. The summed E-state index contributed by atoms with van der Waals surface area (Å²) >= 11 is 0. The van der Waals surface area contributed by atoms with Crippen molar-refractivity contribution in [3.8, 4) is 12.3 Å². The SMILES string of the molecule is C#Cc1cccc(NC(=O)NCCCCC(NC(=O)NC(CCC(=O)O)C(=O)O)C(=O)OC(C)(C)C)c1. The summed E-state index contributed by atoms with van der Waals surface area (Å²) in [6, 6.07) is 2.88. The van der Waals surface area contributed by atoms with Crippen LogP contribution in [0.25, 0.3) is 0 Å². The standard InChI is InChI=1S/C25H34N4O8/c1-5-16-9-8-10-17(15-16)27-23(35)26-14-7-6-11-19(22(34)37-25(2,3)4)29-24(36)28-18(21(32)33)12-13-20(30)31/h1,8-10,15,18-19H,6-7,11-14H2,2-4H3,(H,30,31)(H,32,33)(H2,26,27,35)(H2,28,29,36). The van der Waals surface area contributed by atoms with E-state index < -0.39 is 54.1 Å². The van der Waals surface area contributed by atoms with Crippen LogP contribution in [0, 0.1) is 12.3 Å². The summed E-state index contributed by atoms with van der Waals surface area (Å²) in [5.41, 5.74) is 0.338.